The maximum absolute atomic E-state index is 14.4. The van der Waals surface area contributed by atoms with E-state index in [1.807, 2.05) is 36.1 Å². The van der Waals surface area contributed by atoms with Crippen molar-refractivity contribution >= 4 is 35.3 Å². The van der Waals surface area contributed by atoms with Crippen molar-refractivity contribution in [3.63, 3.8) is 0 Å². The van der Waals surface area contributed by atoms with Crippen LogP contribution in [-0.4, -0.2) is 81.3 Å². The molecule has 2 N–H and O–H groups in total. The minimum absolute atomic E-state index is 0.108. The average Bonchev–Trinajstić information content (AvgIpc) is 3.02. The number of nitrogens with zero attached hydrogens (tertiary/aromatic N) is 4. The molecule has 46 heavy (non-hydrogen) atoms. The fourth-order valence-corrected chi connectivity index (χ4v) is 5.92. The van der Waals surface area contributed by atoms with Gasteiger partial charge in [-0.2, -0.15) is 0 Å². The van der Waals surface area contributed by atoms with Crippen molar-refractivity contribution in [2.24, 2.45) is 0 Å². The fraction of sp³-hybridized carbons (Fsp3) is 0.353. The zero-order valence-electron chi connectivity index (χ0n) is 26.2. The summed E-state index contributed by atoms with van der Waals surface area (Å²) in [7, 11) is 0. The summed E-state index contributed by atoms with van der Waals surface area (Å²) in [6, 6.07) is 15.6. The molecule has 1 aliphatic rings. The molecule has 2 heterocycles. The van der Waals surface area contributed by atoms with Crippen molar-refractivity contribution in [3.8, 4) is 0 Å². The number of rotatable bonds is 13. The highest BCUT2D eigenvalue weighted by atomic mass is 35.5. The van der Waals surface area contributed by atoms with E-state index >= 15 is 0 Å². The van der Waals surface area contributed by atoms with E-state index in [1.165, 1.54) is 6.07 Å². The van der Waals surface area contributed by atoms with E-state index in [-0.39, 0.29) is 41.7 Å². The lowest BCUT2D eigenvalue weighted by Crippen LogP contribution is -2.60. The van der Waals surface area contributed by atoms with E-state index in [0.29, 0.717) is 54.7 Å². The van der Waals surface area contributed by atoms with E-state index < -0.39 is 17.9 Å². The van der Waals surface area contributed by atoms with Gasteiger partial charge in [0.05, 0.1) is 25.3 Å². The Morgan fingerprint density at radius 1 is 1.04 bits per heavy atom. The predicted octanol–water partition coefficient (Wildman–Crippen LogP) is 5.35. The van der Waals surface area contributed by atoms with Crippen LogP contribution in [0.3, 0.4) is 0 Å². The number of hydrogen-bond acceptors (Lipinski definition) is 7. The number of aliphatic carboxylic acids is 2. The molecule has 3 aromatic rings. The topological polar surface area (TPSA) is 120 Å². The maximum atomic E-state index is 14.4. The number of carbonyl (C=O) groups is 3. The van der Waals surface area contributed by atoms with E-state index in [0.717, 1.165) is 17.2 Å². The molecular formula is C34H39ClFN4O6+. The first-order valence-electron chi connectivity index (χ1n) is 15.1. The number of pyridine rings is 1. The van der Waals surface area contributed by atoms with Crippen molar-refractivity contribution < 1.29 is 38.2 Å². The molecule has 4 rings (SSSR count). The van der Waals surface area contributed by atoms with Gasteiger partial charge in [0.15, 0.2) is 0 Å². The summed E-state index contributed by atoms with van der Waals surface area (Å²) in [5.41, 5.74) is 2.33. The number of quaternary nitrogens is 1. The largest absolute Gasteiger partial charge is 0.478 e. The van der Waals surface area contributed by atoms with Crippen LogP contribution in [0.4, 0.5) is 10.2 Å². The Morgan fingerprint density at radius 3 is 2.30 bits per heavy atom. The van der Waals surface area contributed by atoms with Gasteiger partial charge in [0.2, 0.25) is 5.70 Å². The number of anilines is 1. The molecule has 1 aromatic heterocycles. The number of piperazine rings is 1. The molecule has 10 nitrogen and oxygen atoms in total. The summed E-state index contributed by atoms with van der Waals surface area (Å²) < 4.78 is 19.7. The third kappa shape index (κ3) is 8.48. The highest BCUT2D eigenvalue weighted by Crippen LogP contribution is 2.30. The van der Waals surface area contributed by atoms with Crippen LogP contribution in [0, 0.1) is 5.82 Å². The third-order valence-electron chi connectivity index (χ3n) is 8.04. The van der Waals surface area contributed by atoms with Crippen molar-refractivity contribution in [1.82, 2.24) is 9.88 Å². The molecular weight excluding hydrogens is 615 g/mol. The van der Waals surface area contributed by atoms with Crippen LogP contribution in [0.2, 0.25) is 5.02 Å². The normalized spacial score (nSPS) is 14.8. The van der Waals surface area contributed by atoms with Gasteiger partial charge in [-0.25, -0.2) is 23.8 Å². The average molecular weight is 654 g/mol. The molecule has 0 aliphatic carbocycles. The van der Waals surface area contributed by atoms with Crippen LogP contribution in [0.5, 0.6) is 0 Å². The predicted molar refractivity (Wildman–Crippen MR) is 172 cm³/mol. The van der Waals surface area contributed by atoms with Crippen LogP contribution < -0.4 is 4.90 Å². The Labute approximate surface area is 272 Å². The van der Waals surface area contributed by atoms with E-state index in [1.54, 1.807) is 44.3 Å². The number of aromatic nitrogens is 1. The summed E-state index contributed by atoms with van der Waals surface area (Å²) in [4.78, 5) is 45.4. The van der Waals surface area contributed by atoms with Gasteiger partial charge in [0.25, 0.3) is 0 Å². The molecule has 0 saturated carbocycles. The van der Waals surface area contributed by atoms with Gasteiger partial charge in [-0.1, -0.05) is 48.9 Å². The Balaban J connectivity index is 1.55. The van der Waals surface area contributed by atoms with Gasteiger partial charge < -0.3 is 19.8 Å². The third-order valence-corrected chi connectivity index (χ3v) is 8.39. The number of benzene rings is 2. The van der Waals surface area contributed by atoms with Crippen LogP contribution in [0.1, 0.15) is 47.8 Å². The van der Waals surface area contributed by atoms with Crippen LogP contribution in [0.25, 0.3) is 0 Å². The van der Waals surface area contributed by atoms with Gasteiger partial charge in [0, 0.05) is 35.4 Å². The first-order valence-corrected chi connectivity index (χ1v) is 15.5. The lowest BCUT2D eigenvalue weighted by atomic mass is 10.1. The quantitative estimate of drug-likeness (QED) is 0.143. The monoisotopic (exact) mass is 653 g/mol. The zero-order valence-corrected chi connectivity index (χ0v) is 26.9. The van der Waals surface area contributed by atoms with Crippen molar-refractivity contribution in [2.45, 2.75) is 46.5 Å². The number of carbonyl (C=O) groups excluding carboxylic acids is 1. The molecule has 0 unspecified atom stereocenters. The maximum Gasteiger partial charge on any atom is 0.390 e. The Hall–Kier alpha value is -4.32. The highest BCUT2D eigenvalue weighted by molar-refractivity contribution is 6.31. The summed E-state index contributed by atoms with van der Waals surface area (Å²) >= 11 is 6.24. The molecule has 0 radical (unpaired) electrons. The standard InChI is InChI=1S/C34H38ClFN4O6/c1-4-38(21-27-28(35)8-5-9-29(27)36)20-24-10-12-25(13-11-24)22-40(30(33(43)44)19-31(41)42)17-15-39(16-18-40)32-26(7-6-14-37-32)34(45)46-23(2)3/h5-14,19,23H,4,15-18,20-22H2,1-3H3,(H-,41,42,43,44)/p+1/b30-19+. The number of hydrogen-bond donors (Lipinski definition) is 2. The lowest BCUT2D eigenvalue weighted by Gasteiger charge is -2.44. The van der Waals surface area contributed by atoms with Crippen molar-refractivity contribution in [3.05, 3.63) is 106 Å². The van der Waals surface area contributed by atoms with Crippen LogP contribution in [0.15, 0.2) is 72.6 Å². The summed E-state index contributed by atoms with van der Waals surface area (Å²) in [6.45, 7) is 8.47. The summed E-state index contributed by atoms with van der Waals surface area (Å²) in [6.07, 6.45) is 2.04. The Bertz CT molecular complexity index is 1570. The molecule has 244 valence electrons. The molecule has 0 amide bonds. The lowest BCUT2D eigenvalue weighted by molar-refractivity contribution is -0.902. The fourth-order valence-electron chi connectivity index (χ4n) is 5.69. The van der Waals surface area contributed by atoms with Crippen molar-refractivity contribution in [1.29, 1.82) is 0 Å². The molecule has 0 spiro atoms. The minimum Gasteiger partial charge on any atom is -0.478 e. The van der Waals surface area contributed by atoms with Crippen LogP contribution >= 0.6 is 11.6 Å². The SMILES string of the molecule is CCN(Cc1ccc(C[N+]2(/C(=C/C(=O)O)C(=O)O)CCN(c3ncccc3C(=O)OC(C)C)CC2)cc1)Cc1c(F)cccc1Cl. The van der Waals surface area contributed by atoms with Gasteiger partial charge in [-0.3, -0.25) is 9.38 Å². The Morgan fingerprint density at radius 2 is 1.72 bits per heavy atom. The number of esters is 1. The second-order valence-corrected chi connectivity index (χ2v) is 12.0. The molecule has 0 atom stereocenters. The molecule has 1 aliphatic heterocycles. The van der Waals surface area contributed by atoms with Gasteiger partial charge in [-0.05, 0) is 50.2 Å². The second kappa shape index (κ2) is 15.3. The number of carboxylic acids is 2. The van der Waals surface area contributed by atoms with Gasteiger partial charge >= 0.3 is 17.9 Å². The highest BCUT2D eigenvalue weighted by Gasteiger charge is 2.42. The summed E-state index contributed by atoms with van der Waals surface area (Å²) in [5.74, 6) is -3.07. The smallest absolute Gasteiger partial charge is 0.390 e. The second-order valence-electron chi connectivity index (χ2n) is 11.6. The molecule has 1 saturated heterocycles. The molecule has 1 fully saturated rings. The number of ether oxygens (including phenoxy) is 1. The Kier molecular flexibility index (Phi) is 11.5. The van der Waals surface area contributed by atoms with E-state index in [4.69, 9.17) is 16.3 Å². The van der Waals surface area contributed by atoms with Crippen LogP contribution in [-0.2, 0) is 34.0 Å². The number of carboxylic acid groups (broad SMARTS) is 2. The number of halogens is 2. The molecule has 12 heteroatoms. The molecule has 2 aromatic carbocycles. The van der Waals surface area contributed by atoms with Gasteiger partial charge in [0.1, 0.15) is 36.8 Å². The zero-order chi connectivity index (χ0) is 33.4. The summed E-state index contributed by atoms with van der Waals surface area (Å²) in [5, 5.41) is 20.1. The van der Waals surface area contributed by atoms with Gasteiger partial charge in [-0.15, -0.1) is 0 Å². The van der Waals surface area contributed by atoms with E-state index in [2.05, 4.69) is 9.88 Å². The minimum atomic E-state index is -1.34. The van der Waals surface area contributed by atoms with E-state index in [9.17, 15) is 29.0 Å². The molecule has 0 bridgehead atoms. The first-order chi connectivity index (χ1) is 21.9. The van der Waals surface area contributed by atoms with Crippen molar-refractivity contribution in [2.75, 3.05) is 37.6 Å². The first kappa shape index (κ1) is 34.6.